The molecule has 0 fully saturated rings. The van der Waals surface area contributed by atoms with Crippen molar-refractivity contribution in [2.75, 3.05) is 0 Å². The topological polar surface area (TPSA) is 36.7 Å². The van der Waals surface area contributed by atoms with Gasteiger partial charge in [-0.1, -0.05) is 48.0 Å². The third kappa shape index (κ3) is 4.29. The molecule has 1 heterocycles. The molecule has 2 aromatic carbocycles. The van der Waals surface area contributed by atoms with Crippen molar-refractivity contribution < 1.29 is 17.6 Å². The fourth-order valence-corrected chi connectivity index (χ4v) is 3.87. The van der Waals surface area contributed by atoms with Crippen LogP contribution >= 0.6 is 23.4 Å². The molecule has 0 amide bonds. The molecule has 2 nitrogen and oxygen atoms in total. The Morgan fingerprint density at radius 3 is 2.39 bits per heavy atom. The molecule has 28 heavy (non-hydrogen) atoms. The highest BCUT2D eigenvalue weighted by molar-refractivity contribution is 7.98. The van der Waals surface area contributed by atoms with Gasteiger partial charge >= 0.3 is 6.18 Å². The van der Waals surface area contributed by atoms with Crippen molar-refractivity contribution >= 4 is 23.4 Å². The molecule has 1 aromatic heterocycles. The highest BCUT2D eigenvalue weighted by atomic mass is 35.5. The van der Waals surface area contributed by atoms with Gasteiger partial charge in [-0.3, -0.25) is 0 Å². The van der Waals surface area contributed by atoms with Gasteiger partial charge in [-0.25, -0.2) is 9.37 Å². The van der Waals surface area contributed by atoms with Gasteiger partial charge in [0.15, 0.2) is 0 Å². The number of benzene rings is 2. The lowest BCUT2D eigenvalue weighted by atomic mass is 10.1. The van der Waals surface area contributed by atoms with Gasteiger partial charge in [0, 0.05) is 21.9 Å². The van der Waals surface area contributed by atoms with Gasteiger partial charge < -0.3 is 0 Å². The number of rotatable bonds is 4. The zero-order valence-corrected chi connectivity index (χ0v) is 15.7. The number of pyridine rings is 1. The fraction of sp³-hybridized carbons (Fsp3) is 0.100. The zero-order chi connectivity index (χ0) is 20.3. The second-order valence-corrected chi connectivity index (χ2v) is 7.07. The van der Waals surface area contributed by atoms with Gasteiger partial charge in [-0.05, 0) is 18.2 Å². The Balaban J connectivity index is 2.10. The first-order chi connectivity index (χ1) is 13.3. The molecule has 142 valence electrons. The largest absolute Gasteiger partial charge is 0.417 e. The molecule has 0 unspecified atom stereocenters. The van der Waals surface area contributed by atoms with Crippen molar-refractivity contribution in [1.82, 2.24) is 4.98 Å². The van der Waals surface area contributed by atoms with E-state index in [2.05, 4.69) is 4.98 Å². The maximum atomic E-state index is 14.0. The van der Waals surface area contributed by atoms with E-state index < -0.39 is 23.1 Å². The van der Waals surface area contributed by atoms with E-state index in [1.807, 2.05) is 0 Å². The number of halogens is 5. The first kappa shape index (κ1) is 20.2. The normalized spacial score (nSPS) is 11.3. The molecule has 0 N–H and O–H groups in total. The Labute approximate surface area is 167 Å². The first-order valence-corrected chi connectivity index (χ1v) is 9.31. The lowest BCUT2D eigenvalue weighted by Crippen LogP contribution is -2.10. The van der Waals surface area contributed by atoms with E-state index in [0.717, 1.165) is 17.8 Å². The summed E-state index contributed by atoms with van der Waals surface area (Å²) in [7, 11) is 0. The summed E-state index contributed by atoms with van der Waals surface area (Å²) in [6, 6.07) is 14.9. The first-order valence-electron chi connectivity index (χ1n) is 7.94. The molecule has 0 aliphatic heterocycles. The van der Waals surface area contributed by atoms with Gasteiger partial charge in [-0.15, -0.1) is 11.8 Å². The summed E-state index contributed by atoms with van der Waals surface area (Å²) in [5, 5.41) is 9.35. The van der Waals surface area contributed by atoms with Crippen molar-refractivity contribution in [3.63, 3.8) is 0 Å². The van der Waals surface area contributed by atoms with Crippen LogP contribution in [0.15, 0.2) is 59.6 Å². The second kappa shape index (κ2) is 8.21. The van der Waals surface area contributed by atoms with Crippen LogP contribution in [0.1, 0.15) is 16.7 Å². The van der Waals surface area contributed by atoms with Crippen LogP contribution in [0.5, 0.6) is 0 Å². The van der Waals surface area contributed by atoms with E-state index in [0.29, 0.717) is 5.56 Å². The molecule has 0 saturated heterocycles. The molecule has 0 spiro atoms. The van der Waals surface area contributed by atoms with Crippen LogP contribution in [0.3, 0.4) is 0 Å². The number of nitrogens with zero attached hydrogens (tertiary/aromatic N) is 2. The van der Waals surface area contributed by atoms with Gasteiger partial charge in [0.25, 0.3) is 0 Å². The van der Waals surface area contributed by atoms with Crippen LogP contribution in [0, 0.1) is 17.1 Å². The third-order valence-electron chi connectivity index (χ3n) is 3.89. The number of nitriles is 1. The van der Waals surface area contributed by atoms with E-state index in [9.17, 15) is 22.8 Å². The Morgan fingerprint density at radius 1 is 1.07 bits per heavy atom. The highest BCUT2D eigenvalue weighted by Crippen LogP contribution is 2.39. The lowest BCUT2D eigenvalue weighted by Gasteiger charge is -2.14. The molecule has 0 atom stereocenters. The molecule has 0 radical (unpaired) electrons. The summed E-state index contributed by atoms with van der Waals surface area (Å²) in [6.07, 6.45) is -4.73. The van der Waals surface area contributed by atoms with Gasteiger partial charge in [0.2, 0.25) is 0 Å². The van der Waals surface area contributed by atoms with Gasteiger partial charge in [-0.2, -0.15) is 18.4 Å². The van der Waals surface area contributed by atoms with Crippen LogP contribution in [0.4, 0.5) is 17.6 Å². The minimum atomic E-state index is -4.73. The van der Waals surface area contributed by atoms with Crippen molar-refractivity contribution in [3.8, 4) is 17.3 Å². The monoisotopic (exact) mass is 422 g/mol. The van der Waals surface area contributed by atoms with E-state index in [1.54, 1.807) is 36.4 Å². The van der Waals surface area contributed by atoms with Crippen LogP contribution < -0.4 is 0 Å². The minimum absolute atomic E-state index is 0.0667. The number of hydrogen-bond donors (Lipinski definition) is 0. The van der Waals surface area contributed by atoms with Crippen LogP contribution in [-0.4, -0.2) is 4.98 Å². The van der Waals surface area contributed by atoms with E-state index in [4.69, 9.17) is 11.6 Å². The quantitative estimate of drug-likeness (QED) is 0.345. The Bertz CT molecular complexity index is 1030. The summed E-state index contributed by atoms with van der Waals surface area (Å²) < 4.78 is 54.6. The summed E-state index contributed by atoms with van der Waals surface area (Å²) >= 11 is 6.82. The van der Waals surface area contributed by atoms with Gasteiger partial charge in [0.1, 0.15) is 16.9 Å². The molecule has 0 bridgehead atoms. The standard InChI is InChI=1S/C20H11ClF4N2S/c21-16-7-4-8-17(22)14(16)11-28-19-13(10-26)15(20(23,24)25)9-18(27-19)12-5-2-1-3-6-12/h1-9H,11H2. The predicted octanol–water partition coefficient (Wildman–Crippen LogP) is 6.72. The molecular weight excluding hydrogens is 412 g/mol. The molecule has 3 rings (SSSR count). The minimum Gasteiger partial charge on any atom is -0.240 e. The average molecular weight is 423 g/mol. The Hall–Kier alpha value is -2.56. The summed E-state index contributed by atoms with van der Waals surface area (Å²) in [5.41, 5.74) is -0.980. The molecule has 0 aliphatic carbocycles. The van der Waals surface area contributed by atoms with Crippen LogP contribution in [0.2, 0.25) is 5.02 Å². The molecule has 3 aromatic rings. The Morgan fingerprint density at radius 2 is 1.79 bits per heavy atom. The summed E-state index contributed by atoms with van der Waals surface area (Å²) in [5.74, 6) is -0.642. The fourth-order valence-electron chi connectivity index (χ4n) is 2.53. The number of aromatic nitrogens is 1. The number of alkyl halides is 3. The smallest absolute Gasteiger partial charge is 0.240 e. The highest BCUT2D eigenvalue weighted by Gasteiger charge is 2.36. The maximum absolute atomic E-state index is 14.0. The average Bonchev–Trinajstić information content (AvgIpc) is 2.67. The van der Waals surface area contributed by atoms with E-state index in [-0.39, 0.29) is 27.1 Å². The summed E-state index contributed by atoms with van der Waals surface area (Å²) in [4.78, 5) is 4.24. The van der Waals surface area contributed by atoms with Crippen molar-refractivity contribution in [1.29, 1.82) is 5.26 Å². The van der Waals surface area contributed by atoms with Gasteiger partial charge in [0.05, 0.1) is 16.8 Å². The van der Waals surface area contributed by atoms with Crippen molar-refractivity contribution in [2.24, 2.45) is 0 Å². The number of hydrogen-bond acceptors (Lipinski definition) is 3. The third-order valence-corrected chi connectivity index (χ3v) is 5.24. The second-order valence-electron chi connectivity index (χ2n) is 5.70. The zero-order valence-electron chi connectivity index (χ0n) is 14.1. The summed E-state index contributed by atoms with van der Waals surface area (Å²) in [6.45, 7) is 0. The maximum Gasteiger partial charge on any atom is 0.417 e. The van der Waals surface area contributed by atoms with Crippen molar-refractivity contribution in [2.45, 2.75) is 17.0 Å². The SMILES string of the molecule is N#Cc1c(C(F)(F)F)cc(-c2ccccc2)nc1SCc1c(F)cccc1Cl. The molecule has 0 saturated carbocycles. The van der Waals surface area contributed by atoms with E-state index in [1.165, 1.54) is 18.2 Å². The molecule has 8 heteroatoms. The van der Waals surface area contributed by atoms with Crippen molar-refractivity contribution in [3.05, 3.63) is 82.1 Å². The van der Waals surface area contributed by atoms with Crippen LogP contribution in [-0.2, 0) is 11.9 Å². The number of thioether (sulfide) groups is 1. The van der Waals surface area contributed by atoms with Crippen LogP contribution in [0.25, 0.3) is 11.3 Å². The Kier molecular flexibility index (Phi) is 5.92. The predicted molar refractivity (Wildman–Crippen MR) is 100 cm³/mol. The van der Waals surface area contributed by atoms with E-state index >= 15 is 0 Å². The lowest BCUT2D eigenvalue weighted by molar-refractivity contribution is -0.138. The molecular formula is C20H11ClF4N2S. The molecule has 0 aliphatic rings.